The highest BCUT2D eigenvalue weighted by molar-refractivity contribution is 5.56. The van der Waals surface area contributed by atoms with Crippen LogP contribution in [-0.4, -0.2) is 6.61 Å². The normalized spacial score (nSPS) is 11.9. The zero-order valence-corrected chi connectivity index (χ0v) is 11.4. The van der Waals surface area contributed by atoms with Crippen LogP contribution in [0.25, 0.3) is 0 Å². The molecule has 0 saturated heterocycles. The summed E-state index contributed by atoms with van der Waals surface area (Å²) < 4.78 is 5.48. The van der Waals surface area contributed by atoms with Crippen molar-refractivity contribution in [2.45, 2.75) is 13.0 Å². The summed E-state index contributed by atoms with van der Waals surface area (Å²) >= 11 is 0. The number of hydrogen-bond acceptors (Lipinski definition) is 4. The Kier molecular flexibility index (Phi) is 3.45. The molecule has 0 bridgehead atoms. The van der Waals surface area contributed by atoms with Crippen LogP contribution in [0.3, 0.4) is 0 Å². The van der Waals surface area contributed by atoms with Crippen LogP contribution in [0, 0.1) is 22.7 Å². The first-order valence-corrected chi connectivity index (χ1v) is 6.73. The third-order valence-electron chi connectivity index (χ3n) is 3.51. The molecule has 0 aliphatic carbocycles. The molecule has 0 amide bonds. The summed E-state index contributed by atoms with van der Waals surface area (Å²) in [6, 6.07) is 15.4. The zero-order chi connectivity index (χ0) is 14.7. The van der Waals surface area contributed by atoms with Gasteiger partial charge in [-0.3, -0.25) is 0 Å². The summed E-state index contributed by atoms with van der Waals surface area (Å²) in [7, 11) is 0. The molecule has 0 aromatic heterocycles. The van der Waals surface area contributed by atoms with Crippen molar-refractivity contribution in [1.29, 1.82) is 10.5 Å². The van der Waals surface area contributed by atoms with E-state index in [2.05, 4.69) is 11.4 Å². The highest BCUT2D eigenvalue weighted by atomic mass is 16.5. The third kappa shape index (κ3) is 2.66. The number of hydrogen-bond donors (Lipinski definition) is 1. The molecule has 2 aromatic rings. The Morgan fingerprint density at radius 2 is 1.90 bits per heavy atom. The van der Waals surface area contributed by atoms with Gasteiger partial charge in [0, 0.05) is 18.7 Å². The number of fused-ring (bicyclic) bond motifs is 1. The lowest BCUT2D eigenvalue weighted by Crippen LogP contribution is -2.00. The Morgan fingerprint density at radius 3 is 2.71 bits per heavy atom. The Hall–Kier alpha value is -2.98. The molecule has 1 N–H and O–H groups in total. The van der Waals surface area contributed by atoms with Crippen LogP contribution in [-0.2, 0) is 13.0 Å². The van der Waals surface area contributed by atoms with E-state index in [0.717, 1.165) is 24.5 Å². The monoisotopic (exact) mass is 275 g/mol. The van der Waals surface area contributed by atoms with Crippen molar-refractivity contribution in [3.8, 4) is 17.9 Å². The lowest BCUT2D eigenvalue weighted by molar-refractivity contribution is 0.357. The molecule has 1 aliphatic heterocycles. The van der Waals surface area contributed by atoms with Crippen molar-refractivity contribution in [3.05, 3.63) is 58.7 Å². The molecule has 0 radical (unpaired) electrons. The van der Waals surface area contributed by atoms with Gasteiger partial charge in [0.15, 0.2) is 0 Å². The smallest absolute Gasteiger partial charge is 0.122 e. The average Bonchev–Trinajstić information content (AvgIpc) is 3.00. The summed E-state index contributed by atoms with van der Waals surface area (Å²) in [5.41, 5.74) is 4.04. The van der Waals surface area contributed by atoms with E-state index in [1.54, 1.807) is 12.1 Å². The average molecular weight is 275 g/mol. The largest absolute Gasteiger partial charge is 0.493 e. The molecule has 3 rings (SSSR count). The van der Waals surface area contributed by atoms with Crippen molar-refractivity contribution >= 4 is 5.69 Å². The molecule has 102 valence electrons. The third-order valence-corrected chi connectivity index (χ3v) is 3.51. The van der Waals surface area contributed by atoms with E-state index >= 15 is 0 Å². The summed E-state index contributed by atoms with van der Waals surface area (Å²) in [6.45, 7) is 1.43. The molecule has 0 saturated carbocycles. The van der Waals surface area contributed by atoms with Gasteiger partial charge in [0.25, 0.3) is 0 Å². The van der Waals surface area contributed by atoms with Crippen LogP contribution in [0.15, 0.2) is 36.4 Å². The van der Waals surface area contributed by atoms with E-state index < -0.39 is 0 Å². The minimum atomic E-state index is 0.393. The number of nitrogens with zero attached hydrogens (tertiary/aromatic N) is 2. The number of rotatable bonds is 3. The van der Waals surface area contributed by atoms with Gasteiger partial charge in [-0.15, -0.1) is 0 Å². The Morgan fingerprint density at radius 1 is 1.05 bits per heavy atom. The van der Waals surface area contributed by atoms with Crippen molar-refractivity contribution in [2.75, 3.05) is 11.9 Å². The maximum Gasteiger partial charge on any atom is 0.122 e. The summed E-state index contributed by atoms with van der Waals surface area (Å²) in [6.07, 6.45) is 0.957. The SMILES string of the molecule is N#Cc1ccc(NCc2ccc3c(c2)CCO3)cc1C#N. The van der Waals surface area contributed by atoms with Gasteiger partial charge in [0.1, 0.15) is 17.9 Å². The van der Waals surface area contributed by atoms with Gasteiger partial charge < -0.3 is 10.1 Å². The first-order valence-electron chi connectivity index (χ1n) is 6.73. The van der Waals surface area contributed by atoms with Gasteiger partial charge in [0.2, 0.25) is 0 Å². The maximum atomic E-state index is 9.02. The Labute approximate surface area is 123 Å². The van der Waals surface area contributed by atoms with E-state index in [0.29, 0.717) is 17.7 Å². The highest BCUT2D eigenvalue weighted by Crippen LogP contribution is 2.26. The second-order valence-corrected chi connectivity index (χ2v) is 4.88. The van der Waals surface area contributed by atoms with Crippen molar-refractivity contribution in [1.82, 2.24) is 0 Å². The molecule has 1 heterocycles. The zero-order valence-electron chi connectivity index (χ0n) is 11.4. The number of anilines is 1. The molecule has 21 heavy (non-hydrogen) atoms. The molecule has 0 spiro atoms. The van der Waals surface area contributed by atoms with E-state index in [4.69, 9.17) is 15.3 Å². The lowest BCUT2D eigenvalue weighted by Gasteiger charge is -2.08. The fourth-order valence-electron chi connectivity index (χ4n) is 2.40. The number of ether oxygens (including phenoxy) is 1. The van der Waals surface area contributed by atoms with Crippen LogP contribution < -0.4 is 10.1 Å². The van der Waals surface area contributed by atoms with Crippen LogP contribution in [0.1, 0.15) is 22.3 Å². The molecular weight excluding hydrogens is 262 g/mol. The Balaban J connectivity index is 1.73. The molecule has 0 fully saturated rings. The fourth-order valence-corrected chi connectivity index (χ4v) is 2.40. The summed E-state index contributed by atoms with van der Waals surface area (Å²) in [5.74, 6) is 0.976. The molecule has 0 atom stereocenters. The maximum absolute atomic E-state index is 9.02. The summed E-state index contributed by atoms with van der Waals surface area (Å²) in [4.78, 5) is 0. The fraction of sp³-hybridized carbons (Fsp3) is 0.176. The van der Waals surface area contributed by atoms with Crippen LogP contribution in [0.4, 0.5) is 5.69 Å². The minimum Gasteiger partial charge on any atom is -0.493 e. The number of nitriles is 2. The first kappa shape index (κ1) is 13.0. The van der Waals surface area contributed by atoms with Gasteiger partial charge in [-0.2, -0.15) is 10.5 Å². The van der Waals surface area contributed by atoms with Gasteiger partial charge in [-0.05, 0) is 35.4 Å². The van der Waals surface area contributed by atoms with E-state index in [-0.39, 0.29) is 0 Å². The quantitative estimate of drug-likeness (QED) is 0.935. The van der Waals surface area contributed by atoms with Crippen molar-refractivity contribution < 1.29 is 4.74 Å². The van der Waals surface area contributed by atoms with Crippen LogP contribution in [0.5, 0.6) is 5.75 Å². The van der Waals surface area contributed by atoms with Crippen molar-refractivity contribution in [2.24, 2.45) is 0 Å². The molecule has 0 unspecified atom stereocenters. The van der Waals surface area contributed by atoms with Crippen molar-refractivity contribution in [3.63, 3.8) is 0 Å². The molecule has 2 aromatic carbocycles. The summed E-state index contributed by atoms with van der Waals surface area (Å²) in [5, 5.41) is 21.2. The van der Waals surface area contributed by atoms with E-state index in [1.807, 2.05) is 30.3 Å². The molecular formula is C17H13N3O. The second-order valence-electron chi connectivity index (χ2n) is 4.88. The number of nitrogens with one attached hydrogen (secondary N) is 1. The van der Waals surface area contributed by atoms with Crippen LogP contribution >= 0.6 is 0 Å². The van der Waals surface area contributed by atoms with Gasteiger partial charge in [-0.25, -0.2) is 0 Å². The predicted octanol–water partition coefficient (Wildman–Crippen LogP) is 2.98. The minimum absolute atomic E-state index is 0.393. The second kappa shape index (κ2) is 5.56. The molecule has 4 heteroatoms. The van der Waals surface area contributed by atoms with E-state index in [9.17, 15) is 0 Å². The number of benzene rings is 2. The van der Waals surface area contributed by atoms with Gasteiger partial charge in [0.05, 0.1) is 17.7 Å². The van der Waals surface area contributed by atoms with Crippen LogP contribution in [0.2, 0.25) is 0 Å². The first-order chi connectivity index (χ1) is 10.3. The Bertz CT molecular complexity index is 769. The lowest BCUT2D eigenvalue weighted by atomic mass is 10.1. The topological polar surface area (TPSA) is 68.8 Å². The van der Waals surface area contributed by atoms with Gasteiger partial charge >= 0.3 is 0 Å². The molecule has 4 nitrogen and oxygen atoms in total. The highest BCUT2D eigenvalue weighted by Gasteiger charge is 2.11. The standard InChI is InChI=1S/C17H13N3O/c18-9-14-2-3-16(8-15(14)10-19)20-11-12-1-4-17-13(7-12)5-6-21-17/h1-4,7-8,20H,5-6,11H2. The molecule has 1 aliphatic rings. The predicted molar refractivity (Wildman–Crippen MR) is 78.8 cm³/mol. The van der Waals surface area contributed by atoms with E-state index in [1.165, 1.54) is 11.1 Å². The van der Waals surface area contributed by atoms with Gasteiger partial charge in [-0.1, -0.05) is 12.1 Å².